The van der Waals surface area contributed by atoms with Gasteiger partial charge in [-0.05, 0) is 45.4 Å². The molecule has 5 heteroatoms. The van der Waals surface area contributed by atoms with Gasteiger partial charge in [0.05, 0.1) is 0 Å². The monoisotopic (exact) mass is 336 g/mol. The highest BCUT2D eigenvalue weighted by molar-refractivity contribution is 5.74. The fraction of sp³-hybridized carbons (Fsp3) is 0.947. The number of nitrogens with zero attached hydrogens (tertiary/aromatic N) is 4. The quantitative estimate of drug-likeness (QED) is 0.775. The molecule has 0 unspecified atom stereocenters. The van der Waals surface area contributed by atoms with Crippen molar-refractivity contribution in [1.82, 2.24) is 19.6 Å². The molecular formula is C19H36N4O. The van der Waals surface area contributed by atoms with Crippen molar-refractivity contribution in [1.29, 1.82) is 0 Å². The van der Waals surface area contributed by atoms with Crippen LogP contribution in [0.3, 0.4) is 0 Å². The predicted octanol–water partition coefficient (Wildman–Crippen LogP) is 2.33. The van der Waals surface area contributed by atoms with Crippen LogP contribution in [-0.4, -0.2) is 90.1 Å². The Bertz CT molecular complexity index is 404. The van der Waals surface area contributed by atoms with E-state index in [0.717, 1.165) is 64.3 Å². The molecule has 3 fully saturated rings. The predicted molar refractivity (Wildman–Crippen MR) is 98.2 cm³/mol. The number of hydrogen-bond donors (Lipinski definition) is 0. The molecule has 0 spiro atoms. The maximum Gasteiger partial charge on any atom is 0.320 e. The molecule has 0 bridgehead atoms. The zero-order valence-electron chi connectivity index (χ0n) is 15.9. The molecule has 5 nitrogen and oxygen atoms in total. The van der Waals surface area contributed by atoms with Crippen LogP contribution in [0, 0.1) is 5.92 Å². The fourth-order valence-corrected chi connectivity index (χ4v) is 4.52. The number of carbonyl (C=O) groups excluding carboxylic acids is 1. The second kappa shape index (κ2) is 8.05. The van der Waals surface area contributed by atoms with E-state index in [-0.39, 0.29) is 6.03 Å². The second-order valence-corrected chi connectivity index (χ2v) is 8.34. The summed E-state index contributed by atoms with van der Waals surface area (Å²) in [6.45, 7) is 14.6. The van der Waals surface area contributed by atoms with Crippen LogP contribution in [-0.2, 0) is 0 Å². The van der Waals surface area contributed by atoms with Gasteiger partial charge in [0, 0.05) is 64.4 Å². The number of urea groups is 1. The number of carbonyl (C=O) groups is 1. The molecule has 138 valence electrons. The molecular weight excluding hydrogens is 300 g/mol. The van der Waals surface area contributed by atoms with Crippen LogP contribution in [0.1, 0.15) is 46.5 Å². The maximum atomic E-state index is 12.8. The highest BCUT2D eigenvalue weighted by Crippen LogP contribution is 2.27. The van der Waals surface area contributed by atoms with Gasteiger partial charge in [0.25, 0.3) is 0 Å². The van der Waals surface area contributed by atoms with E-state index in [1.165, 1.54) is 25.7 Å². The number of amides is 2. The van der Waals surface area contributed by atoms with E-state index in [9.17, 15) is 4.79 Å². The van der Waals surface area contributed by atoms with E-state index >= 15 is 0 Å². The average molecular weight is 337 g/mol. The first kappa shape index (κ1) is 18.0. The van der Waals surface area contributed by atoms with Gasteiger partial charge in [-0.1, -0.05) is 6.92 Å². The molecule has 3 rings (SSSR count). The third-order valence-corrected chi connectivity index (χ3v) is 6.40. The van der Waals surface area contributed by atoms with E-state index in [1.54, 1.807) is 0 Å². The molecule has 1 saturated carbocycles. The summed E-state index contributed by atoms with van der Waals surface area (Å²) < 4.78 is 0. The van der Waals surface area contributed by atoms with Gasteiger partial charge in [0.1, 0.15) is 0 Å². The SMILES string of the molecule is CC1CCC(N2CCN(C(=O)N3CCN(C(C)C)CC3)CC2)CC1. The Morgan fingerprint density at radius 2 is 1.29 bits per heavy atom. The minimum Gasteiger partial charge on any atom is -0.322 e. The van der Waals surface area contributed by atoms with Crippen molar-refractivity contribution in [3.8, 4) is 0 Å². The summed E-state index contributed by atoms with van der Waals surface area (Å²) in [7, 11) is 0. The van der Waals surface area contributed by atoms with Gasteiger partial charge < -0.3 is 9.80 Å². The zero-order chi connectivity index (χ0) is 17.1. The fourth-order valence-electron chi connectivity index (χ4n) is 4.52. The number of piperazine rings is 2. The molecule has 2 heterocycles. The van der Waals surface area contributed by atoms with Crippen molar-refractivity contribution in [2.24, 2.45) is 5.92 Å². The smallest absolute Gasteiger partial charge is 0.320 e. The van der Waals surface area contributed by atoms with Gasteiger partial charge in [-0.15, -0.1) is 0 Å². The normalized spacial score (nSPS) is 30.8. The van der Waals surface area contributed by atoms with E-state index < -0.39 is 0 Å². The molecule has 0 N–H and O–H groups in total. The molecule has 2 amide bonds. The Morgan fingerprint density at radius 1 is 0.792 bits per heavy atom. The highest BCUT2D eigenvalue weighted by Gasteiger charge is 2.31. The summed E-state index contributed by atoms with van der Waals surface area (Å²) in [6, 6.07) is 1.63. The molecule has 0 radical (unpaired) electrons. The second-order valence-electron chi connectivity index (χ2n) is 8.34. The summed E-state index contributed by atoms with van der Waals surface area (Å²) in [4.78, 5) is 22.0. The summed E-state index contributed by atoms with van der Waals surface area (Å²) in [5.74, 6) is 0.911. The standard InChI is InChI=1S/C19H36N4O/c1-16(2)20-8-12-22(13-9-20)19(24)23-14-10-21(11-15-23)18-6-4-17(3)5-7-18/h16-18H,4-15H2,1-3H3. The summed E-state index contributed by atoms with van der Waals surface area (Å²) in [5.41, 5.74) is 0. The van der Waals surface area contributed by atoms with Gasteiger partial charge in [0.2, 0.25) is 0 Å². The molecule has 2 saturated heterocycles. The third-order valence-electron chi connectivity index (χ3n) is 6.40. The Balaban J connectivity index is 1.42. The maximum absolute atomic E-state index is 12.8. The van der Waals surface area contributed by atoms with Crippen molar-refractivity contribution in [2.45, 2.75) is 58.5 Å². The number of rotatable bonds is 2. The first-order valence-corrected chi connectivity index (χ1v) is 10.1. The molecule has 2 aliphatic heterocycles. The van der Waals surface area contributed by atoms with Crippen molar-refractivity contribution in [3.05, 3.63) is 0 Å². The van der Waals surface area contributed by atoms with Crippen molar-refractivity contribution in [3.63, 3.8) is 0 Å². The van der Waals surface area contributed by atoms with E-state index in [2.05, 4.69) is 40.4 Å². The van der Waals surface area contributed by atoms with E-state index in [4.69, 9.17) is 0 Å². The van der Waals surface area contributed by atoms with Crippen LogP contribution >= 0.6 is 0 Å². The molecule has 0 aromatic heterocycles. The van der Waals surface area contributed by atoms with Crippen LogP contribution in [0.25, 0.3) is 0 Å². The summed E-state index contributed by atoms with van der Waals surface area (Å²) in [6.07, 6.45) is 5.46. The Kier molecular flexibility index (Phi) is 6.03. The first-order valence-electron chi connectivity index (χ1n) is 10.1. The van der Waals surface area contributed by atoms with Crippen molar-refractivity contribution < 1.29 is 4.79 Å². The minimum absolute atomic E-state index is 0.273. The summed E-state index contributed by atoms with van der Waals surface area (Å²) >= 11 is 0. The molecule has 1 aliphatic carbocycles. The van der Waals surface area contributed by atoms with E-state index in [0.29, 0.717) is 6.04 Å². The Hall–Kier alpha value is -0.810. The zero-order valence-corrected chi connectivity index (χ0v) is 15.9. The lowest BCUT2D eigenvalue weighted by molar-refractivity contribution is 0.0605. The number of hydrogen-bond acceptors (Lipinski definition) is 3. The lowest BCUT2D eigenvalue weighted by Crippen LogP contribution is -2.58. The van der Waals surface area contributed by atoms with Crippen LogP contribution in [0.15, 0.2) is 0 Å². The topological polar surface area (TPSA) is 30.0 Å². The van der Waals surface area contributed by atoms with Gasteiger partial charge >= 0.3 is 6.03 Å². The Morgan fingerprint density at radius 3 is 1.79 bits per heavy atom. The van der Waals surface area contributed by atoms with E-state index in [1.807, 2.05) is 0 Å². The minimum atomic E-state index is 0.273. The Labute approximate surface area is 147 Å². The molecule has 0 aromatic rings. The lowest BCUT2D eigenvalue weighted by atomic mass is 9.86. The van der Waals surface area contributed by atoms with Gasteiger partial charge in [-0.3, -0.25) is 9.80 Å². The highest BCUT2D eigenvalue weighted by atomic mass is 16.2. The first-order chi connectivity index (χ1) is 11.5. The lowest BCUT2D eigenvalue weighted by Gasteiger charge is -2.44. The third kappa shape index (κ3) is 4.23. The average Bonchev–Trinajstić information content (AvgIpc) is 2.62. The molecule has 0 aromatic carbocycles. The van der Waals surface area contributed by atoms with Gasteiger partial charge in [-0.25, -0.2) is 4.79 Å². The summed E-state index contributed by atoms with van der Waals surface area (Å²) in [5, 5.41) is 0. The van der Waals surface area contributed by atoms with Gasteiger partial charge in [-0.2, -0.15) is 0 Å². The molecule has 0 atom stereocenters. The van der Waals surface area contributed by atoms with Crippen molar-refractivity contribution in [2.75, 3.05) is 52.4 Å². The van der Waals surface area contributed by atoms with Gasteiger partial charge in [0.15, 0.2) is 0 Å². The van der Waals surface area contributed by atoms with Crippen molar-refractivity contribution >= 4 is 6.03 Å². The molecule has 3 aliphatic rings. The molecule has 24 heavy (non-hydrogen) atoms. The van der Waals surface area contributed by atoms with Crippen LogP contribution in [0.2, 0.25) is 0 Å². The van der Waals surface area contributed by atoms with Crippen LogP contribution < -0.4 is 0 Å². The van der Waals surface area contributed by atoms with Crippen LogP contribution in [0.4, 0.5) is 4.79 Å². The van der Waals surface area contributed by atoms with Crippen LogP contribution in [0.5, 0.6) is 0 Å². The largest absolute Gasteiger partial charge is 0.322 e.